The maximum Gasteiger partial charge on any atom is 0.416 e. The van der Waals surface area contributed by atoms with Crippen molar-refractivity contribution in [3.63, 3.8) is 0 Å². The Balaban J connectivity index is 1.58. The van der Waals surface area contributed by atoms with Gasteiger partial charge in [-0.2, -0.15) is 18.3 Å². The molecule has 1 aliphatic rings. The summed E-state index contributed by atoms with van der Waals surface area (Å²) in [6.45, 7) is 0.471. The number of benzene rings is 2. The SMILES string of the molecule is O=C(Cc1ccc(C(F)(F)F)cc1Cl)N1CCCc2c1cnn2-c1ccc(F)cc1. The van der Waals surface area contributed by atoms with Crippen LogP contribution in [0.5, 0.6) is 0 Å². The molecule has 0 saturated heterocycles. The van der Waals surface area contributed by atoms with Crippen molar-refractivity contribution in [3.8, 4) is 5.69 Å². The number of halogens is 5. The van der Waals surface area contributed by atoms with Gasteiger partial charge in [-0.25, -0.2) is 9.07 Å². The van der Waals surface area contributed by atoms with Crippen molar-refractivity contribution in [2.45, 2.75) is 25.4 Å². The van der Waals surface area contributed by atoms with Crippen LogP contribution in [0, 0.1) is 5.82 Å². The molecule has 1 aromatic heterocycles. The number of carbonyl (C=O) groups is 1. The van der Waals surface area contributed by atoms with Crippen LogP contribution in [-0.4, -0.2) is 22.2 Å². The monoisotopic (exact) mass is 437 g/mol. The van der Waals surface area contributed by atoms with Crippen molar-refractivity contribution in [3.05, 3.63) is 76.3 Å². The van der Waals surface area contributed by atoms with Crippen LogP contribution in [-0.2, 0) is 23.8 Å². The highest BCUT2D eigenvalue weighted by atomic mass is 35.5. The summed E-state index contributed by atoms with van der Waals surface area (Å²) in [5.74, 6) is -0.638. The number of carbonyl (C=O) groups excluding carboxylic acids is 1. The minimum absolute atomic E-state index is 0.0996. The van der Waals surface area contributed by atoms with Crippen LogP contribution in [0.15, 0.2) is 48.7 Å². The molecule has 0 N–H and O–H groups in total. The smallest absolute Gasteiger partial charge is 0.309 e. The summed E-state index contributed by atoms with van der Waals surface area (Å²) >= 11 is 6.00. The Kier molecular flexibility index (Phi) is 5.27. The van der Waals surface area contributed by atoms with Gasteiger partial charge in [-0.1, -0.05) is 17.7 Å². The number of nitrogens with zero attached hydrogens (tertiary/aromatic N) is 3. The molecule has 0 aliphatic carbocycles. The van der Waals surface area contributed by atoms with E-state index < -0.39 is 11.7 Å². The van der Waals surface area contributed by atoms with E-state index in [1.54, 1.807) is 27.9 Å². The van der Waals surface area contributed by atoms with E-state index in [4.69, 9.17) is 11.6 Å². The molecule has 4 rings (SSSR count). The van der Waals surface area contributed by atoms with E-state index in [0.29, 0.717) is 36.3 Å². The fraction of sp³-hybridized carbons (Fsp3) is 0.238. The summed E-state index contributed by atoms with van der Waals surface area (Å²) in [4.78, 5) is 14.5. The van der Waals surface area contributed by atoms with Gasteiger partial charge in [0.15, 0.2) is 0 Å². The third-order valence-electron chi connectivity index (χ3n) is 5.03. The zero-order valence-corrected chi connectivity index (χ0v) is 16.3. The number of hydrogen-bond acceptors (Lipinski definition) is 2. The quantitative estimate of drug-likeness (QED) is 0.528. The van der Waals surface area contributed by atoms with E-state index in [0.717, 1.165) is 17.8 Å². The van der Waals surface area contributed by atoms with Crippen molar-refractivity contribution in [1.29, 1.82) is 0 Å². The van der Waals surface area contributed by atoms with Gasteiger partial charge in [0.2, 0.25) is 5.91 Å². The average molecular weight is 438 g/mol. The number of rotatable bonds is 3. The van der Waals surface area contributed by atoms with Gasteiger partial charge in [0.1, 0.15) is 5.82 Å². The molecule has 1 aliphatic heterocycles. The highest BCUT2D eigenvalue weighted by Gasteiger charge is 2.31. The van der Waals surface area contributed by atoms with E-state index in [-0.39, 0.29) is 23.2 Å². The summed E-state index contributed by atoms with van der Waals surface area (Å²) in [5, 5.41) is 4.24. The maximum absolute atomic E-state index is 13.2. The second kappa shape index (κ2) is 7.75. The van der Waals surface area contributed by atoms with E-state index in [2.05, 4.69) is 5.10 Å². The molecule has 0 fully saturated rings. The minimum atomic E-state index is -4.50. The molecular weight excluding hydrogens is 422 g/mol. The van der Waals surface area contributed by atoms with Crippen LogP contribution < -0.4 is 4.90 Å². The molecule has 1 amide bonds. The van der Waals surface area contributed by atoms with Crippen LogP contribution in [0.25, 0.3) is 5.69 Å². The number of alkyl halides is 3. The Hall–Kier alpha value is -2.87. The largest absolute Gasteiger partial charge is 0.416 e. The number of hydrogen-bond donors (Lipinski definition) is 0. The van der Waals surface area contributed by atoms with Gasteiger partial charge in [-0.15, -0.1) is 0 Å². The second-order valence-electron chi connectivity index (χ2n) is 6.99. The third-order valence-corrected chi connectivity index (χ3v) is 5.38. The molecule has 9 heteroatoms. The zero-order chi connectivity index (χ0) is 21.5. The molecule has 0 bridgehead atoms. The topological polar surface area (TPSA) is 38.1 Å². The van der Waals surface area contributed by atoms with Gasteiger partial charge in [-0.3, -0.25) is 4.79 Å². The van der Waals surface area contributed by atoms with Crippen LogP contribution in [0.2, 0.25) is 5.02 Å². The molecule has 0 unspecified atom stereocenters. The average Bonchev–Trinajstić information content (AvgIpc) is 3.13. The molecule has 0 atom stereocenters. The molecule has 4 nitrogen and oxygen atoms in total. The maximum atomic E-state index is 13.2. The number of fused-ring (bicyclic) bond motifs is 1. The molecule has 3 aromatic rings. The van der Waals surface area contributed by atoms with Crippen molar-refractivity contribution in [2.75, 3.05) is 11.4 Å². The molecule has 2 heterocycles. The predicted molar refractivity (Wildman–Crippen MR) is 104 cm³/mol. The number of amides is 1. The molecule has 0 spiro atoms. The Morgan fingerprint density at radius 3 is 2.53 bits per heavy atom. The standard InChI is InChI=1S/C21H16ClF4N3O/c22-17-11-14(21(24,25)26)4-3-13(17)10-20(30)28-9-1-2-18-19(28)12-27-29(18)16-7-5-15(23)6-8-16/h3-8,11-12H,1-2,9-10H2. The van der Waals surface area contributed by atoms with E-state index in [9.17, 15) is 22.4 Å². The lowest BCUT2D eigenvalue weighted by Crippen LogP contribution is -2.36. The first-order chi connectivity index (χ1) is 14.2. The fourth-order valence-corrected chi connectivity index (χ4v) is 3.79. The lowest BCUT2D eigenvalue weighted by atomic mass is 10.1. The van der Waals surface area contributed by atoms with E-state index >= 15 is 0 Å². The highest BCUT2D eigenvalue weighted by Crippen LogP contribution is 2.33. The van der Waals surface area contributed by atoms with Crippen LogP contribution >= 0.6 is 11.6 Å². The summed E-state index contributed by atoms with van der Waals surface area (Å²) in [7, 11) is 0. The lowest BCUT2D eigenvalue weighted by molar-refractivity contribution is -0.137. The summed E-state index contributed by atoms with van der Waals surface area (Å²) in [5.41, 5.74) is 1.60. The third kappa shape index (κ3) is 3.92. The molecule has 156 valence electrons. The highest BCUT2D eigenvalue weighted by molar-refractivity contribution is 6.31. The fourth-order valence-electron chi connectivity index (χ4n) is 3.54. The summed E-state index contributed by atoms with van der Waals surface area (Å²) in [6.07, 6.45) is -1.66. The first-order valence-electron chi connectivity index (χ1n) is 9.23. The van der Waals surface area contributed by atoms with Gasteiger partial charge >= 0.3 is 6.18 Å². The molecule has 2 aromatic carbocycles. The second-order valence-corrected chi connectivity index (χ2v) is 7.40. The number of anilines is 1. The van der Waals surface area contributed by atoms with Gasteiger partial charge in [0.25, 0.3) is 0 Å². The van der Waals surface area contributed by atoms with Gasteiger partial charge in [-0.05, 0) is 54.8 Å². The van der Waals surface area contributed by atoms with Crippen molar-refractivity contribution >= 4 is 23.2 Å². The normalized spacial score (nSPS) is 14.0. The first kappa shape index (κ1) is 20.4. The van der Waals surface area contributed by atoms with Crippen LogP contribution in [0.3, 0.4) is 0 Å². The lowest BCUT2D eigenvalue weighted by Gasteiger charge is -2.27. The van der Waals surface area contributed by atoms with Crippen molar-refractivity contribution in [2.24, 2.45) is 0 Å². The predicted octanol–water partition coefficient (Wildman–Crippen LogP) is 5.21. The van der Waals surface area contributed by atoms with Crippen molar-refractivity contribution < 1.29 is 22.4 Å². The van der Waals surface area contributed by atoms with Crippen molar-refractivity contribution in [1.82, 2.24) is 9.78 Å². The molecule has 30 heavy (non-hydrogen) atoms. The Morgan fingerprint density at radius 2 is 1.87 bits per heavy atom. The van der Waals surface area contributed by atoms with Crippen LogP contribution in [0.4, 0.5) is 23.2 Å². The van der Waals surface area contributed by atoms with Gasteiger partial charge in [0.05, 0.1) is 35.2 Å². The Morgan fingerprint density at radius 1 is 1.13 bits per heavy atom. The zero-order valence-electron chi connectivity index (χ0n) is 15.6. The van der Waals surface area contributed by atoms with E-state index in [1.165, 1.54) is 18.2 Å². The van der Waals surface area contributed by atoms with Crippen LogP contribution in [0.1, 0.15) is 23.2 Å². The molecule has 0 saturated carbocycles. The minimum Gasteiger partial charge on any atom is -0.309 e. The first-order valence-corrected chi connectivity index (χ1v) is 9.60. The van der Waals surface area contributed by atoms with Gasteiger partial charge in [0, 0.05) is 11.6 Å². The molecule has 0 radical (unpaired) electrons. The Bertz CT molecular complexity index is 1090. The van der Waals surface area contributed by atoms with Gasteiger partial charge < -0.3 is 4.90 Å². The summed E-state index contributed by atoms with van der Waals surface area (Å²) in [6, 6.07) is 8.86. The Labute approximate surface area is 174 Å². The summed E-state index contributed by atoms with van der Waals surface area (Å²) < 4.78 is 53.3. The molecular formula is C21H16ClF4N3O. The van der Waals surface area contributed by atoms with E-state index in [1.807, 2.05) is 0 Å². The number of aromatic nitrogens is 2.